The lowest BCUT2D eigenvalue weighted by Crippen LogP contribution is -2.53. The van der Waals surface area contributed by atoms with Crippen LogP contribution < -0.4 is 20.9 Å². The average molecular weight is 432 g/mol. The Kier molecular flexibility index (Phi) is 7.70. The molecule has 0 fully saturated rings. The predicted octanol–water partition coefficient (Wildman–Crippen LogP) is 1.35. The molecule has 4 N–H and O–H groups in total. The summed E-state index contributed by atoms with van der Waals surface area (Å²) in [7, 11) is 0. The van der Waals surface area contributed by atoms with Crippen molar-refractivity contribution in [3.05, 3.63) is 102 Å². The van der Waals surface area contributed by atoms with Gasteiger partial charge in [-0.2, -0.15) is 4.57 Å². The van der Waals surface area contributed by atoms with Crippen molar-refractivity contribution in [2.75, 3.05) is 0 Å². The summed E-state index contributed by atoms with van der Waals surface area (Å²) >= 11 is 0. The number of nitrogens with two attached hydrogens (primary N) is 1. The second-order valence-corrected chi connectivity index (χ2v) is 7.60. The first-order valence-corrected chi connectivity index (χ1v) is 10.4. The third kappa shape index (κ3) is 6.50. The van der Waals surface area contributed by atoms with Gasteiger partial charge in [-0.05, 0) is 18.6 Å². The molecule has 2 aromatic carbocycles. The molecule has 164 valence electrons. The lowest BCUT2D eigenvalue weighted by atomic mass is 10.0. The number of hydrogen-bond acceptors (Lipinski definition) is 3. The van der Waals surface area contributed by atoms with Crippen molar-refractivity contribution >= 4 is 17.7 Å². The molecule has 0 saturated heterocycles. The largest absolute Gasteiger partial charge is 0.368 e. The van der Waals surface area contributed by atoms with E-state index >= 15 is 0 Å². The van der Waals surface area contributed by atoms with Crippen LogP contribution in [0.25, 0.3) is 0 Å². The number of carbonyl (C=O) groups excluding carboxylic acids is 3. The Morgan fingerprint density at radius 2 is 1.50 bits per heavy atom. The SMILES string of the molecule is C[C@H](NC(=O)[C@@H](Cc1ccccc1)NC(=O)c1ccc[n+](Cc2ccccc2)c1)C(N)=O. The monoisotopic (exact) mass is 431 g/mol. The van der Waals surface area contributed by atoms with Gasteiger partial charge in [0.25, 0.3) is 5.91 Å². The number of benzene rings is 2. The van der Waals surface area contributed by atoms with Crippen LogP contribution in [-0.2, 0) is 22.6 Å². The Morgan fingerprint density at radius 1 is 0.875 bits per heavy atom. The number of carbonyl (C=O) groups is 3. The van der Waals surface area contributed by atoms with E-state index in [0.29, 0.717) is 12.1 Å². The number of hydrogen-bond donors (Lipinski definition) is 3. The van der Waals surface area contributed by atoms with Gasteiger partial charge in [-0.25, -0.2) is 0 Å². The van der Waals surface area contributed by atoms with Gasteiger partial charge in [-0.3, -0.25) is 14.4 Å². The third-order valence-electron chi connectivity index (χ3n) is 5.02. The fraction of sp³-hybridized carbons (Fsp3) is 0.200. The Labute approximate surface area is 187 Å². The molecule has 2 atom stereocenters. The van der Waals surface area contributed by atoms with Gasteiger partial charge in [0.05, 0.1) is 0 Å². The normalized spacial score (nSPS) is 12.4. The van der Waals surface area contributed by atoms with Crippen molar-refractivity contribution in [1.29, 1.82) is 0 Å². The van der Waals surface area contributed by atoms with Crippen molar-refractivity contribution < 1.29 is 19.0 Å². The first-order chi connectivity index (χ1) is 15.4. The molecule has 0 bridgehead atoms. The van der Waals surface area contributed by atoms with E-state index < -0.39 is 23.9 Å². The second kappa shape index (κ2) is 10.9. The summed E-state index contributed by atoms with van der Waals surface area (Å²) in [6.45, 7) is 2.12. The highest BCUT2D eigenvalue weighted by Gasteiger charge is 2.25. The zero-order valence-corrected chi connectivity index (χ0v) is 17.9. The summed E-state index contributed by atoms with van der Waals surface area (Å²) in [5.74, 6) is -1.50. The zero-order chi connectivity index (χ0) is 22.9. The number of amides is 3. The molecule has 7 nitrogen and oxygen atoms in total. The average Bonchev–Trinajstić information content (AvgIpc) is 2.80. The molecule has 0 aliphatic rings. The maximum Gasteiger partial charge on any atom is 0.258 e. The van der Waals surface area contributed by atoms with Gasteiger partial charge in [-0.15, -0.1) is 0 Å². The van der Waals surface area contributed by atoms with Crippen LogP contribution >= 0.6 is 0 Å². The van der Waals surface area contributed by atoms with Crippen LogP contribution in [0.5, 0.6) is 0 Å². The number of aromatic nitrogens is 1. The fourth-order valence-electron chi connectivity index (χ4n) is 3.23. The van der Waals surface area contributed by atoms with E-state index in [-0.39, 0.29) is 12.3 Å². The summed E-state index contributed by atoms with van der Waals surface area (Å²) in [6.07, 6.45) is 3.90. The van der Waals surface area contributed by atoms with Crippen molar-refractivity contribution in [2.45, 2.75) is 32.0 Å². The maximum absolute atomic E-state index is 13.0. The van der Waals surface area contributed by atoms with Gasteiger partial charge in [0, 0.05) is 18.1 Å². The van der Waals surface area contributed by atoms with Crippen LogP contribution in [0.4, 0.5) is 0 Å². The predicted molar refractivity (Wildman–Crippen MR) is 120 cm³/mol. The van der Waals surface area contributed by atoms with Gasteiger partial charge in [0.1, 0.15) is 17.6 Å². The molecule has 1 aromatic heterocycles. The number of pyridine rings is 1. The number of nitrogens with zero attached hydrogens (tertiary/aromatic N) is 1. The third-order valence-corrected chi connectivity index (χ3v) is 5.02. The second-order valence-electron chi connectivity index (χ2n) is 7.60. The summed E-state index contributed by atoms with van der Waals surface area (Å²) in [5.41, 5.74) is 7.68. The summed E-state index contributed by atoms with van der Waals surface area (Å²) < 4.78 is 1.91. The van der Waals surface area contributed by atoms with E-state index in [4.69, 9.17) is 5.73 Å². The highest BCUT2D eigenvalue weighted by Crippen LogP contribution is 2.06. The van der Waals surface area contributed by atoms with E-state index in [9.17, 15) is 14.4 Å². The lowest BCUT2D eigenvalue weighted by Gasteiger charge is -2.20. The van der Waals surface area contributed by atoms with Gasteiger partial charge >= 0.3 is 0 Å². The molecule has 32 heavy (non-hydrogen) atoms. The smallest absolute Gasteiger partial charge is 0.258 e. The van der Waals surface area contributed by atoms with Gasteiger partial charge in [-0.1, -0.05) is 60.7 Å². The molecule has 3 aromatic rings. The Morgan fingerprint density at radius 3 is 2.12 bits per heavy atom. The maximum atomic E-state index is 13.0. The van der Waals surface area contributed by atoms with Crippen LogP contribution in [0.1, 0.15) is 28.4 Å². The molecular weight excluding hydrogens is 404 g/mol. The number of primary amides is 1. The fourth-order valence-corrected chi connectivity index (χ4v) is 3.23. The van der Waals surface area contributed by atoms with E-state index in [2.05, 4.69) is 10.6 Å². The zero-order valence-electron chi connectivity index (χ0n) is 17.9. The lowest BCUT2D eigenvalue weighted by molar-refractivity contribution is -0.688. The molecule has 3 rings (SSSR count). The molecule has 0 aliphatic heterocycles. The molecule has 1 heterocycles. The van der Waals surface area contributed by atoms with Crippen LogP contribution in [0, 0.1) is 0 Å². The minimum atomic E-state index is -0.866. The minimum Gasteiger partial charge on any atom is -0.368 e. The molecule has 3 amide bonds. The molecule has 7 heteroatoms. The van der Waals surface area contributed by atoms with Crippen LogP contribution in [0.3, 0.4) is 0 Å². The molecule has 0 radical (unpaired) electrons. The molecule has 0 aliphatic carbocycles. The minimum absolute atomic E-state index is 0.279. The van der Waals surface area contributed by atoms with Gasteiger partial charge in [0.2, 0.25) is 11.8 Å². The van der Waals surface area contributed by atoms with Crippen molar-refractivity contribution in [2.24, 2.45) is 5.73 Å². The van der Waals surface area contributed by atoms with Crippen LogP contribution in [-0.4, -0.2) is 29.8 Å². The van der Waals surface area contributed by atoms with E-state index in [0.717, 1.165) is 11.1 Å². The number of rotatable bonds is 9. The molecule has 0 saturated carbocycles. The molecule has 0 unspecified atom stereocenters. The first kappa shape index (κ1) is 22.7. The van der Waals surface area contributed by atoms with Crippen molar-refractivity contribution in [3.63, 3.8) is 0 Å². The highest BCUT2D eigenvalue weighted by atomic mass is 16.2. The van der Waals surface area contributed by atoms with Crippen molar-refractivity contribution in [1.82, 2.24) is 10.6 Å². The topological polar surface area (TPSA) is 105 Å². The standard InChI is InChI=1S/C25H26N4O3/c1-18(23(26)30)27-25(32)22(15-19-9-4-2-5-10-19)28-24(31)21-13-8-14-29(17-21)16-20-11-6-3-7-12-20/h2-14,17-18,22H,15-16H2,1H3,(H3-,26,27,28,30,31,32)/p+1/t18-,22+/m0/s1. The van der Waals surface area contributed by atoms with Gasteiger partial charge in [0.15, 0.2) is 18.9 Å². The first-order valence-electron chi connectivity index (χ1n) is 10.4. The number of nitrogens with one attached hydrogen (secondary N) is 2. The Bertz CT molecular complexity index is 1070. The van der Waals surface area contributed by atoms with Crippen LogP contribution in [0.15, 0.2) is 85.2 Å². The molecule has 0 spiro atoms. The van der Waals surface area contributed by atoms with Gasteiger partial charge < -0.3 is 16.4 Å². The molecular formula is C25H27N4O3+. The Balaban J connectivity index is 1.75. The van der Waals surface area contributed by atoms with Crippen molar-refractivity contribution in [3.8, 4) is 0 Å². The van der Waals surface area contributed by atoms with E-state index in [1.54, 1.807) is 18.3 Å². The summed E-state index contributed by atoms with van der Waals surface area (Å²) in [4.78, 5) is 37.1. The van der Waals surface area contributed by atoms with Crippen LogP contribution in [0.2, 0.25) is 0 Å². The summed E-state index contributed by atoms with van der Waals surface area (Å²) in [6, 6.07) is 21.0. The quantitative estimate of drug-likeness (QED) is 0.446. The Hall–Kier alpha value is -4.00. The highest BCUT2D eigenvalue weighted by molar-refractivity contribution is 5.98. The summed E-state index contributed by atoms with van der Waals surface area (Å²) in [5, 5.41) is 5.37. The van der Waals surface area contributed by atoms with E-state index in [1.165, 1.54) is 6.92 Å². The van der Waals surface area contributed by atoms with E-state index in [1.807, 2.05) is 71.4 Å².